The maximum atomic E-state index is 13.1. The van der Waals surface area contributed by atoms with E-state index in [1.165, 1.54) is 5.56 Å². The monoisotopic (exact) mass is 330 g/mol. The Kier molecular flexibility index (Phi) is 5.19. The highest BCUT2D eigenvalue weighted by Gasteiger charge is 2.33. The summed E-state index contributed by atoms with van der Waals surface area (Å²) >= 11 is 0. The van der Waals surface area contributed by atoms with Gasteiger partial charge in [-0.15, -0.1) is 0 Å². The Labute approximate surface area is 143 Å². The van der Waals surface area contributed by atoms with E-state index in [1.807, 2.05) is 23.1 Å². The van der Waals surface area contributed by atoms with Crippen LogP contribution >= 0.6 is 0 Å². The fraction of sp³-hybridized carbons (Fsp3) is 0.579. The minimum atomic E-state index is -0.493. The van der Waals surface area contributed by atoms with Crippen molar-refractivity contribution in [3.05, 3.63) is 29.8 Å². The minimum absolute atomic E-state index is 0.0139. The van der Waals surface area contributed by atoms with Gasteiger partial charge in [0.05, 0.1) is 0 Å². The summed E-state index contributed by atoms with van der Waals surface area (Å²) in [5.74, 6) is 0.153. The van der Waals surface area contributed by atoms with Crippen LogP contribution in [0.5, 0.6) is 0 Å². The largest absolute Gasteiger partial charge is 0.368 e. The van der Waals surface area contributed by atoms with E-state index in [0.717, 1.165) is 24.9 Å². The Bertz CT molecular complexity index is 608. The van der Waals surface area contributed by atoms with Crippen LogP contribution < -0.4 is 10.2 Å². The first-order chi connectivity index (χ1) is 11.6. The van der Waals surface area contributed by atoms with Crippen LogP contribution in [-0.4, -0.2) is 37.1 Å². The molecule has 1 unspecified atom stereocenters. The molecule has 24 heavy (non-hydrogen) atoms. The number of nitrogens with zero attached hydrogens (tertiary/aromatic N) is 1. The molecular weight excluding hydrogens is 304 g/mol. The summed E-state index contributed by atoms with van der Waals surface area (Å²) in [6, 6.07) is 7.50. The number of amides is 2. The Balaban J connectivity index is 1.73. The highest BCUT2D eigenvalue weighted by Crippen LogP contribution is 2.28. The SMILES string of the molecule is CC(C)C[C@H](NC(=O)C1CCCO1)C(=O)N1CCc2ccccc21. The van der Waals surface area contributed by atoms with Crippen LogP contribution in [0.1, 0.15) is 38.7 Å². The standard InChI is InChI=1S/C19H26N2O3/c1-13(2)12-15(20-18(22)17-8-5-11-24-17)19(23)21-10-9-14-6-3-4-7-16(14)21/h3-4,6-7,13,15,17H,5,8-12H2,1-2H3,(H,20,22)/t15-,17?/m0/s1. The number of rotatable bonds is 5. The summed E-state index contributed by atoms with van der Waals surface area (Å²) in [5.41, 5.74) is 2.17. The average molecular weight is 330 g/mol. The Morgan fingerprint density at radius 3 is 2.83 bits per heavy atom. The van der Waals surface area contributed by atoms with E-state index >= 15 is 0 Å². The molecule has 1 fully saturated rings. The Hall–Kier alpha value is -1.88. The Morgan fingerprint density at radius 1 is 1.33 bits per heavy atom. The zero-order valence-corrected chi connectivity index (χ0v) is 14.5. The van der Waals surface area contributed by atoms with Crippen molar-refractivity contribution in [2.45, 2.75) is 51.7 Å². The third-order valence-electron chi connectivity index (χ3n) is 4.70. The fourth-order valence-electron chi connectivity index (χ4n) is 3.50. The lowest BCUT2D eigenvalue weighted by Crippen LogP contribution is -2.51. The topological polar surface area (TPSA) is 58.6 Å². The lowest BCUT2D eigenvalue weighted by molar-refractivity contribution is -0.134. The van der Waals surface area contributed by atoms with E-state index < -0.39 is 12.1 Å². The summed E-state index contributed by atoms with van der Waals surface area (Å²) in [7, 11) is 0. The molecule has 2 amide bonds. The lowest BCUT2D eigenvalue weighted by Gasteiger charge is -2.27. The minimum Gasteiger partial charge on any atom is -0.368 e. The van der Waals surface area contributed by atoms with Gasteiger partial charge >= 0.3 is 0 Å². The lowest BCUT2D eigenvalue weighted by atomic mass is 10.0. The van der Waals surface area contributed by atoms with Crippen LogP contribution in [0.25, 0.3) is 0 Å². The second kappa shape index (κ2) is 7.34. The predicted octanol–water partition coefficient (Wildman–Crippen LogP) is 2.29. The number of benzene rings is 1. The van der Waals surface area contributed by atoms with Gasteiger partial charge in [0.1, 0.15) is 12.1 Å². The van der Waals surface area contributed by atoms with Gasteiger partial charge in [-0.1, -0.05) is 32.0 Å². The summed E-state index contributed by atoms with van der Waals surface area (Å²) in [4.78, 5) is 27.3. The molecule has 2 heterocycles. The first kappa shape index (κ1) is 17.0. The number of carbonyl (C=O) groups excluding carboxylic acids is 2. The summed E-state index contributed by atoms with van der Waals surface area (Å²) in [5, 5.41) is 2.94. The number of nitrogens with one attached hydrogen (secondary N) is 1. The van der Waals surface area contributed by atoms with Crippen molar-refractivity contribution >= 4 is 17.5 Å². The predicted molar refractivity (Wildman–Crippen MR) is 92.9 cm³/mol. The van der Waals surface area contributed by atoms with Crippen molar-refractivity contribution in [1.82, 2.24) is 5.32 Å². The molecule has 0 spiro atoms. The molecule has 2 atom stereocenters. The molecule has 1 N–H and O–H groups in total. The second-order valence-electron chi connectivity index (χ2n) is 7.06. The number of carbonyl (C=O) groups is 2. The number of para-hydroxylation sites is 1. The van der Waals surface area contributed by atoms with Gasteiger partial charge in [-0.05, 0) is 43.2 Å². The van der Waals surface area contributed by atoms with Gasteiger partial charge < -0.3 is 15.0 Å². The molecule has 0 bridgehead atoms. The molecule has 130 valence electrons. The normalized spacial score (nSPS) is 21.0. The van der Waals surface area contributed by atoms with Crippen LogP contribution in [0.3, 0.4) is 0 Å². The van der Waals surface area contributed by atoms with Crippen molar-refractivity contribution in [2.75, 3.05) is 18.1 Å². The van der Waals surface area contributed by atoms with Crippen molar-refractivity contribution in [3.63, 3.8) is 0 Å². The van der Waals surface area contributed by atoms with E-state index in [2.05, 4.69) is 25.2 Å². The smallest absolute Gasteiger partial charge is 0.249 e. The zero-order chi connectivity index (χ0) is 17.1. The van der Waals surface area contributed by atoms with Crippen molar-refractivity contribution in [1.29, 1.82) is 0 Å². The van der Waals surface area contributed by atoms with Gasteiger partial charge in [0.2, 0.25) is 11.8 Å². The second-order valence-corrected chi connectivity index (χ2v) is 7.06. The number of hydrogen-bond acceptors (Lipinski definition) is 3. The summed E-state index contributed by atoms with van der Waals surface area (Å²) in [6.45, 7) is 5.44. The van der Waals surface area contributed by atoms with E-state index in [4.69, 9.17) is 4.74 Å². The molecule has 1 aromatic rings. The van der Waals surface area contributed by atoms with E-state index in [1.54, 1.807) is 0 Å². The maximum Gasteiger partial charge on any atom is 0.249 e. The number of ether oxygens (including phenoxy) is 1. The van der Waals surface area contributed by atoms with Gasteiger partial charge in [-0.2, -0.15) is 0 Å². The molecule has 3 rings (SSSR count). The average Bonchev–Trinajstić information content (AvgIpc) is 3.22. The van der Waals surface area contributed by atoms with E-state index in [0.29, 0.717) is 25.5 Å². The first-order valence-electron chi connectivity index (χ1n) is 8.87. The summed E-state index contributed by atoms with van der Waals surface area (Å²) in [6.07, 6.45) is 2.74. The molecule has 2 aliphatic heterocycles. The molecule has 1 saturated heterocycles. The van der Waals surface area contributed by atoms with Crippen LogP contribution in [0, 0.1) is 5.92 Å². The molecular formula is C19H26N2O3. The number of fused-ring (bicyclic) bond motifs is 1. The maximum absolute atomic E-state index is 13.1. The number of anilines is 1. The summed E-state index contributed by atoms with van der Waals surface area (Å²) < 4.78 is 5.45. The molecule has 0 saturated carbocycles. The van der Waals surface area contributed by atoms with Gasteiger partial charge in [-0.25, -0.2) is 0 Å². The fourth-order valence-corrected chi connectivity index (χ4v) is 3.50. The van der Waals surface area contributed by atoms with Gasteiger partial charge in [0.15, 0.2) is 0 Å². The third-order valence-corrected chi connectivity index (χ3v) is 4.70. The van der Waals surface area contributed by atoms with Crippen molar-refractivity contribution < 1.29 is 14.3 Å². The van der Waals surface area contributed by atoms with Crippen LogP contribution in [0.2, 0.25) is 0 Å². The first-order valence-corrected chi connectivity index (χ1v) is 8.87. The highest BCUT2D eigenvalue weighted by molar-refractivity contribution is 6.01. The van der Waals surface area contributed by atoms with Gasteiger partial charge in [-0.3, -0.25) is 9.59 Å². The van der Waals surface area contributed by atoms with E-state index in [-0.39, 0.29) is 11.8 Å². The molecule has 0 aromatic heterocycles. The quantitative estimate of drug-likeness (QED) is 0.901. The molecule has 0 radical (unpaired) electrons. The molecule has 1 aromatic carbocycles. The zero-order valence-electron chi connectivity index (χ0n) is 14.5. The third kappa shape index (κ3) is 3.61. The van der Waals surface area contributed by atoms with Gasteiger partial charge in [0, 0.05) is 18.8 Å². The Morgan fingerprint density at radius 2 is 2.12 bits per heavy atom. The van der Waals surface area contributed by atoms with Crippen LogP contribution in [-0.2, 0) is 20.7 Å². The molecule has 5 nitrogen and oxygen atoms in total. The van der Waals surface area contributed by atoms with Gasteiger partial charge in [0.25, 0.3) is 0 Å². The van der Waals surface area contributed by atoms with Crippen LogP contribution in [0.4, 0.5) is 5.69 Å². The van der Waals surface area contributed by atoms with Crippen LogP contribution in [0.15, 0.2) is 24.3 Å². The highest BCUT2D eigenvalue weighted by atomic mass is 16.5. The van der Waals surface area contributed by atoms with Crippen molar-refractivity contribution in [2.24, 2.45) is 5.92 Å². The molecule has 2 aliphatic rings. The van der Waals surface area contributed by atoms with E-state index in [9.17, 15) is 9.59 Å². The molecule has 0 aliphatic carbocycles. The molecule has 5 heteroatoms. The number of hydrogen-bond donors (Lipinski definition) is 1. The van der Waals surface area contributed by atoms with Crippen molar-refractivity contribution in [3.8, 4) is 0 Å².